The van der Waals surface area contributed by atoms with Crippen molar-refractivity contribution >= 4 is 27.7 Å². The summed E-state index contributed by atoms with van der Waals surface area (Å²) >= 11 is 0. The molecule has 2 aromatic rings. The minimum atomic E-state index is -0.327. The zero-order valence-electron chi connectivity index (χ0n) is 15.5. The first kappa shape index (κ1) is 20.5. The van der Waals surface area contributed by atoms with E-state index in [2.05, 4.69) is 101 Å². The summed E-state index contributed by atoms with van der Waals surface area (Å²) < 4.78 is 0. The first-order chi connectivity index (χ1) is 10.9. The second kappa shape index (κ2) is 9.07. The fourth-order valence-electron chi connectivity index (χ4n) is 2.42. The molecule has 24 heavy (non-hydrogen) atoms. The molecular weight excluding hydrogens is 306 g/mol. The van der Waals surface area contributed by atoms with Crippen LogP contribution in [0.1, 0.15) is 45.7 Å². The lowest BCUT2D eigenvalue weighted by Crippen LogP contribution is -2.13. The highest BCUT2D eigenvalue weighted by molar-refractivity contribution is 7.69. The van der Waals surface area contributed by atoms with Crippen molar-refractivity contribution in [2.45, 2.75) is 45.7 Å². The third-order valence-corrected chi connectivity index (χ3v) is 6.29. The summed E-state index contributed by atoms with van der Waals surface area (Å²) in [5.41, 5.74) is 6.82. The Morgan fingerprint density at radius 3 is 2.00 bits per heavy atom. The highest BCUT2D eigenvalue weighted by Gasteiger charge is 2.16. The lowest BCUT2D eigenvalue weighted by Gasteiger charge is -2.22. The Kier molecular flexibility index (Phi) is 7.75. The maximum Gasteiger partial charge on any atom is 0 e. The quantitative estimate of drug-likeness (QED) is 0.369. The molecule has 0 bridgehead atoms. The Morgan fingerprint density at radius 2 is 1.50 bits per heavy atom. The average Bonchev–Trinajstić information content (AvgIpc) is 2.51. The molecule has 0 saturated heterocycles. The molecule has 1 unspecified atom stereocenters. The van der Waals surface area contributed by atoms with Gasteiger partial charge < -0.3 is 0 Å². The van der Waals surface area contributed by atoms with Crippen LogP contribution in [0.3, 0.4) is 0 Å². The van der Waals surface area contributed by atoms with Gasteiger partial charge >= 0.3 is 0 Å². The normalized spacial score (nSPS) is 12.1. The minimum Gasteiger partial charge on any atom is -0.119 e. The van der Waals surface area contributed by atoms with Crippen molar-refractivity contribution in [3.05, 3.63) is 77.3 Å². The van der Waals surface area contributed by atoms with E-state index in [1.807, 2.05) is 6.07 Å². The van der Waals surface area contributed by atoms with Gasteiger partial charge in [-0.25, -0.2) is 0 Å². The van der Waals surface area contributed by atoms with E-state index in [4.69, 9.17) is 0 Å². The van der Waals surface area contributed by atoms with Crippen LogP contribution in [-0.4, -0.2) is 14.1 Å². The Labute approximate surface area is 151 Å². The first-order valence-corrected chi connectivity index (χ1v) is 9.72. The van der Waals surface area contributed by atoms with Crippen molar-refractivity contribution in [3.63, 3.8) is 0 Å². The standard InChI is InChI=1S/C22H27P.B/c1-18(2)23(17-9-12-19-10-7-6-8-11-19)21-15-13-20(14-16-21)22(3,4)5;/h6-8,10-18H,1-5H3;. The van der Waals surface area contributed by atoms with Crippen molar-refractivity contribution in [1.29, 1.82) is 0 Å². The third kappa shape index (κ3) is 5.83. The van der Waals surface area contributed by atoms with Gasteiger partial charge in [0.25, 0.3) is 0 Å². The molecule has 0 aromatic heterocycles. The van der Waals surface area contributed by atoms with Crippen molar-refractivity contribution in [1.82, 2.24) is 0 Å². The monoisotopic (exact) mass is 333 g/mol. The molecule has 0 aliphatic rings. The summed E-state index contributed by atoms with van der Waals surface area (Å²) in [6, 6.07) is 19.5. The fourth-order valence-corrected chi connectivity index (χ4v) is 4.19. The van der Waals surface area contributed by atoms with Crippen LogP contribution in [-0.2, 0) is 5.41 Å². The van der Waals surface area contributed by atoms with Crippen molar-refractivity contribution in [2.24, 2.45) is 0 Å². The van der Waals surface area contributed by atoms with Gasteiger partial charge in [-0.15, -0.1) is 5.73 Å². The summed E-state index contributed by atoms with van der Waals surface area (Å²) in [4.78, 5) is 0. The van der Waals surface area contributed by atoms with Crippen LogP contribution in [0.15, 0.2) is 66.1 Å². The van der Waals surface area contributed by atoms with Crippen LogP contribution in [0.2, 0.25) is 0 Å². The average molecular weight is 333 g/mol. The van der Waals surface area contributed by atoms with Crippen molar-refractivity contribution in [2.75, 3.05) is 0 Å². The van der Waals surface area contributed by atoms with E-state index >= 15 is 0 Å². The lowest BCUT2D eigenvalue weighted by atomic mass is 9.87. The van der Waals surface area contributed by atoms with E-state index in [1.165, 1.54) is 16.4 Å². The SMILES string of the molecule is CC(C)P(C=C=Cc1ccccc1)c1ccc(C(C)(C)C)cc1.[B]. The number of hydrogen-bond acceptors (Lipinski definition) is 0. The predicted octanol–water partition coefficient (Wildman–Crippen LogP) is 5.94. The molecule has 123 valence electrons. The Morgan fingerprint density at radius 1 is 0.917 bits per heavy atom. The van der Waals surface area contributed by atoms with Crippen molar-refractivity contribution < 1.29 is 0 Å². The molecule has 2 aromatic carbocycles. The largest absolute Gasteiger partial charge is 0.119 e. The fraction of sp³-hybridized carbons (Fsp3) is 0.318. The topological polar surface area (TPSA) is 0 Å². The number of hydrogen-bond donors (Lipinski definition) is 0. The van der Waals surface area contributed by atoms with Gasteiger partial charge in [0.15, 0.2) is 0 Å². The van der Waals surface area contributed by atoms with E-state index in [0.29, 0.717) is 5.66 Å². The van der Waals surface area contributed by atoms with Crippen LogP contribution in [0.25, 0.3) is 6.08 Å². The molecule has 0 spiro atoms. The van der Waals surface area contributed by atoms with Gasteiger partial charge in [-0.3, -0.25) is 0 Å². The second-order valence-electron chi connectivity index (χ2n) is 7.15. The van der Waals surface area contributed by atoms with Gasteiger partial charge in [0.1, 0.15) is 0 Å². The van der Waals surface area contributed by atoms with Gasteiger partial charge in [0.2, 0.25) is 0 Å². The molecule has 0 N–H and O–H groups in total. The minimum absolute atomic E-state index is 0. The second-order valence-corrected chi connectivity index (χ2v) is 9.77. The van der Waals surface area contributed by atoms with E-state index < -0.39 is 0 Å². The van der Waals surface area contributed by atoms with Crippen LogP contribution in [0.5, 0.6) is 0 Å². The van der Waals surface area contributed by atoms with Crippen LogP contribution in [0, 0.1) is 0 Å². The van der Waals surface area contributed by atoms with E-state index in [1.54, 1.807) is 0 Å². The summed E-state index contributed by atoms with van der Waals surface area (Å²) in [6.07, 6.45) is 2.07. The smallest absolute Gasteiger partial charge is 0 e. The summed E-state index contributed by atoms with van der Waals surface area (Å²) in [6.45, 7) is 11.4. The summed E-state index contributed by atoms with van der Waals surface area (Å²) in [7, 11) is -0.327. The molecule has 0 fully saturated rings. The first-order valence-electron chi connectivity index (χ1n) is 8.24. The van der Waals surface area contributed by atoms with Gasteiger partial charge in [-0.1, -0.05) is 89.2 Å². The van der Waals surface area contributed by atoms with Crippen LogP contribution in [0.4, 0.5) is 0 Å². The van der Waals surface area contributed by atoms with Gasteiger partial charge in [0.05, 0.1) is 0 Å². The summed E-state index contributed by atoms with van der Waals surface area (Å²) in [5, 5.41) is 1.43. The molecule has 1 atom stereocenters. The van der Waals surface area contributed by atoms with E-state index in [9.17, 15) is 0 Å². The highest BCUT2D eigenvalue weighted by atomic mass is 31.1. The lowest BCUT2D eigenvalue weighted by molar-refractivity contribution is 0.590. The zero-order valence-corrected chi connectivity index (χ0v) is 16.3. The molecule has 2 heteroatoms. The zero-order chi connectivity index (χ0) is 16.9. The molecule has 0 aliphatic heterocycles. The number of benzene rings is 2. The maximum absolute atomic E-state index is 3.41. The summed E-state index contributed by atoms with van der Waals surface area (Å²) in [5.74, 6) is 2.26. The van der Waals surface area contributed by atoms with E-state index in [0.717, 1.165) is 0 Å². The molecule has 0 amide bonds. The predicted molar refractivity (Wildman–Crippen MR) is 112 cm³/mol. The molecule has 0 nitrogen and oxygen atoms in total. The maximum atomic E-state index is 3.41. The Bertz CT molecular complexity index is 672. The Hall–Kier alpha value is -1.55. The molecule has 0 aliphatic carbocycles. The molecule has 0 heterocycles. The highest BCUT2D eigenvalue weighted by Crippen LogP contribution is 2.41. The molecule has 0 saturated carbocycles. The van der Waals surface area contributed by atoms with Gasteiger partial charge in [0, 0.05) is 8.41 Å². The third-order valence-electron chi connectivity index (χ3n) is 3.85. The van der Waals surface area contributed by atoms with E-state index in [-0.39, 0.29) is 21.7 Å². The number of rotatable bonds is 4. The Balaban J connectivity index is 0.00000288. The molecule has 3 radical (unpaired) electrons. The van der Waals surface area contributed by atoms with Gasteiger partial charge in [-0.05, 0) is 47.3 Å². The van der Waals surface area contributed by atoms with Crippen molar-refractivity contribution in [3.8, 4) is 0 Å². The molecular formula is C22H27BP. The molecule has 2 rings (SSSR count). The van der Waals surface area contributed by atoms with Crippen LogP contribution >= 0.6 is 7.92 Å². The van der Waals surface area contributed by atoms with Gasteiger partial charge in [-0.2, -0.15) is 0 Å². The van der Waals surface area contributed by atoms with Crippen LogP contribution < -0.4 is 5.30 Å².